The molecule has 3 rings (SSSR count). The smallest absolute Gasteiger partial charge is 0.143 e. The third-order valence-electron chi connectivity index (χ3n) is 4.23. The van der Waals surface area contributed by atoms with Crippen LogP contribution >= 0.6 is 8.15 Å². The fraction of sp³-hybridized carbons (Fsp3) is 0.217. The number of hydrogen-bond donors (Lipinski definition) is 0. The summed E-state index contributed by atoms with van der Waals surface area (Å²) < 4.78 is 11.8. The van der Waals surface area contributed by atoms with Crippen molar-refractivity contribution in [3.8, 4) is 0 Å². The lowest BCUT2D eigenvalue weighted by Gasteiger charge is -2.35. The molecule has 0 aliphatic heterocycles. The van der Waals surface area contributed by atoms with E-state index < -0.39 is 13.7 Å². The molecule has 0 radical (unpaired) electrons. The van der Waals surface area contributed by atoms with Gasteiger partial charge in [-0.05, 0) is 30.0 Å². The second-order valence-electron chi connectivity index (χ2n) is 6.34. The maximum atomic E-state index is 6.57. The zero-order valence-corrected chi connectivity index (χ0v) is 16.6. The van der Waals surface area contributed by atoms with Gasteiger partial charge in [-0.15, -0.1) is 0 Å². The maximum absolute atomic E-state index is 6.57. The Hall–Kier alpha value is -2.03. The first-order valence-corrected chi connectivity index (χ1v) is 11.2. The summed E-state index contributed by atoms with van der Waals surface area (Å²) in [5.41, 5.74) is 2.53. The molecule has 0 aliphatic carbocycles. The predicted octanol–water partition coefficient (Wildman–Crippen LogP) is 5.60. The van der Waals surface area contributed by atoms with Crippen molar-refractivity contribution in [3.05, 3.63) is 108 Å². The molecule has 3 aromatic rings. The highest BCUT2D eigenvalue weighted by atomic mass is 31.1. The molecule has 0 saturated heterocycles. The minimum Gasteiger partial charge on any atom is -0.358 e. The summed E-state index contributed by atoms with van der Waals surface area (Å²) in [6.07, 6.45) is 0. The molecule has 0 fully saturated rings. The lowest BCUT2D eigenvalue weighted by Crippen LogP contribution is -2.34. The molecule has 0 aliphatic rings. The Morgan fingerprint density at radius 1 is 0.630 bits per heavy atom. The number of hydrogen-bond acceptors (Lipinski definition) is 3. The Balaban J connectivity index is 2.01. The number of ether oxygens (including phenoxy) is 1. The minimum atomic E-state index is -0.712. The summed E-state index contributed by atoms with van der Waals surface area (Å²) in [7, 11) is -0.554. The summed E-state index contributed by atoms with van der Waals surface area (Å²) >= 11 is 0. The van der Waals surface area contributed by atoms with Gasteiger partial charge < -0.3 is 4.74 Å². The summed E-state index contributed by atoms with van der Waals surface area (Å²) in [6, 6.07) is 30.9. The topological polar surface area (TPSA) is 27.7 Å². The summed E-state index contributed by atoms with van der Waals surface area (Å²) in [6.45, 7) is 4.77. The van der Waals surface area contributed by atoms with E-state index in [4.69, 9.17) is 14.3 Å². The van der Waals surface area contributed by atoms with Gasteiger partial charge in [0.05, 0.1) is 14.8 Å². The van der Waals surface area contributed by atoms with Crippen molar-refractivity contribution in [2.45, 2.75) is 5.60 Å². The van der Waals surface area contributed by atoms with Crippen LogP contribution in [0.3, 0.4) is 0 Å². The van der Waals surface area contributed by atoms with Gasteiger partial charge in [-0.25, -0.2) is 9.56 Å². The number of rotatable bonds is 9. The number of benzene rings is 3. The lowest BCUT2D eigenvalue weighted by atomic mass is 9.80. The molecule has 0 bridgehead atoms. The van der Waals surface area contributed by atoms with Crippen molar-refractivity contribution < 1.29 is 14.3 Å². The van der Waals surface area contributed by atoms with Crippen molar-refractivity contribution >= 4 is 8.15 Å². The van der Waals surface area contributed by atoms with E-state index in [-0.39, 0.29) is 0 Å². The molecule has 4 heteroatoms. The molecular formula is C23H25O3P. The van der Waals surface area contributed by atoms with Crippen LogP contribution in [0.1, 0.15) is 16.7 Å². The van der Waals surface area contributed by atoms with E-state index in [0.29, 0.717) is 13.2 Å². The Bertz CT molecular complexity index is 695. The van der Waals surface area contributed by atoms with Crippen LogP contribution in [-0.2, 0) is 19.9 Å². The zero-order chi connectivity index (χ0) is 19.0. The average Bonchev–Trinajstić information content (AvgIpc) is 2.73. The van der Waals surface area contributed by atoms with Crippen molar-refractivity contribution in [1.29, 1.82) is 0 Å². The maximum Gasteiger partial charge on any atom is 0.143 e. The molecule has 3 nitrogen and oxygen atoms in total. The predicted molar refractivity (Wildman–Crippen MR) is 111 cm³/mol. The molecular weight excluding hydrogens is 355 g/mol. The van der Waals surface area contributed by atoms with Gasteiger partial charge in [-0.1, -0.05) is 91.0 Å². The van der Waals surface area contributed by atoms with E-state index in [1.807, 2.05) is 67.9 Å². The SMILES string of the molecule is CP(C)OOCCOC(c1ccccc1)(c1ccccc1)c1ccccc1. The van der Waals surface area contributed by atoms with Gasteiger partial charge >= 0.3 is 0 Å². The second-order valence-corrected chi connectivity index (χ2v) is 8.11. The van der Waals surface area contributed by atoms with Crippen LogP contribution in [0.4, 0.5) is 0 Å². The van der Waals surface area contributed by atoms with Crippen LogP contribution < -0.4 is 0 Å². The molecule has 0 spiro atoms. The van der Waals surface area contributed by atoms with E-state index in [0.717, 1.165) is 16.7 Å². The van der Waals surface area contributed by atoms with E-state index in [1.54, 1.807) is 0 Å². The van der Waals surface area contributed by atoms with E-state index in [9.17, 15) is 0 Å². The summed E-state index contributed by atoms with van der Waals surface area (Å²) in [4.78, 5) is 5.30. The normalized spacial score (nSPS) is 11.7. The largest absolute Gasteiger partial charge is 0.358 e. The Kier molecular flexibility index (Phi) is 7.14. The molecule has 140 valence electrons. The molecule has 0 amide bonds. The van der Waals surface area contributed by atoms with Crippen molar-refractivity contribution in [1.82, 2.24) is 0 Å². The molecule has 0 N–H and O–H groups in total. The van der Waals surface area contributed by atoms with Crippen LogP contribution in [0.2, 0.25) is 0 Å². The standard InChI is InChI=1S/C23H25O3P/c1-27(2)26-25-19-18-24-23(20-12-6-3-7-13-20,21-14-8-4-9-15-21)22-16-10-5-11-17-22/h3-17H,18-19H2,1-2H3. The highest BCUT2D eigenvalue weighted by Crippen LogP contribution is 2.40. The van der Waals surface area contributed by atoms with E-state index in [1.165, 1.54) is 0 Å². The van der Waals surface area contributed by atoms with Crippen LogP contribution in [-0.4, -0.2) is 26.5 Å². The molecule has 27 heavy (non-hydrogen) atoms. The molecule has 0 heterocycles. The molecule has 0 aromatic heterocycles. The van der Waals surface area contributed by atoms with Crippen LogP contribution in [0.25, 0.3) is 0 Å². The van der Waals surface area contributed by atoms with Crippen LogP contribution in [0, 0.1) is 0 Å². The molecule has 3 aromatic carbocycles. The molecule has 0 atom stereocenters. The first-order valence-electron chi connectivity index (χ1n) is 9.01. The fourth-order valence-electron chi connectivity index (χ4n) is 3.14. The van der Waals surface area contributed by atoms with E-state index >= 15 is 0 Å². The van der Waals surface area contributed by atoms with Crippen LogP contribution in [0.15, 0.2) is 91.0 Å². The monoisotopic (exact) mass is 380 g/mol. The first kappa shape index (κ1) is 19.7. The Morgan fingerprint density at radius 3 is 1.41 bits per heavy atom. The fourth-order valence-corrected chi connectivity index (χ4v) is 3.43. The third-order valence-corrected chi connectivity index (χ3v) is 4.63. The van der Waals surface area contributed by atoms with Gasteiger partial charge in [0.1, 0.15) is 12.2 Å². The summed E-state index contributed by atoms with van der Waals surface area (Å²) in [5.74, 6) is 0. The second kappa shape index (κ2) is 9.77. The average molecular weight is 380 g/mol. The quantitative estimate of drug-likeness (QED) is 0.159. The lowest BCUT2D eigenvalue weighted by molar-refractivity contribution is -0.212. The van der Waals surface area contributed by atoms with Gasteiger partial charge in [-0.3, -0.25) is 0 Å². The van der Waals surface area contributed by atoms with Gasteiger partial charge in [0.15, 0.2) is 0 Å². The third kappa shape index (κ3) is 4.82. The van der Waals surface area contributed by atoms with Crippen molar-refractivity contribution in [2.24, 2.45) is 0 Å². The zero-order valence-electron chi connectivity index (χ0n) is 15.7. The minimum absolute atomic E-state index is 0.370. The van der Waals surface area contributed by atoms with E-state index in [2.05, 4.69) is 36.4 Å². The van der Waals surface area contributed by atoms with Gasteiger partial charge in [0, 0.05) is 0 Å². The Labute approximate surface area is 162 Å². The van der Waals surface area contributed by atoms with Crippen LogP contribution in [0.5, 0.6) is 0 Å². The molecule has 0 unspecified atom stereocenters. The Morgan fingerprint density at radius 2 is 1.04 bits per heavy atom. The van der Waals surface area contributed by atoms with Crippen molar-refractivity contribution in [3.63, 3.8) is 0 Å². The van der Waals surface area contributed by atoms with Gasteiger partial charge in [0.2, 0.25) is 0 Å². The van der Waals surface area contributed by atoms with Crippen molar-refractivity contribution in [2.75, 3.05) is 26.5 Å². The van der Waals surface area contributed by atoms with Gasteiger partial charge in [-0.2, -0.15) is 0 Å². The van der Waals surface area contributed by atoms with Gasteiger partial charge in [0.25, 0.3) is 0 Å². The highest BCUT2D eigenvalue weighted by molar-refractivity contribution is 7.50. The molecule has 0 saturated carbocycles. The summed E-state index contributed by atoms with van der Waals surface area (Å²) in [5, 5.41) is 0. The first-order chi connectivity index (χ1) is 13.2. The highest BCUT2D eigenvalue weighted by Gasteiger charge is 2.37.